The standard InChI is InChI=1S/C14H22N2OS/c1-15-13-5-4-12(10-14(13)17-2)11-6-8-16(18-3)9-7-11/h4-5,10-11,15H,6-9H2,1-3H3. The minimum Gasteiger partial charge on any atom is -0.495 e. The van der Waals surface area contributed by atoms with Crippen LogP contribution >= 0.6 is 11.9 Å². The largest absolute Gasteiger partial charge is 0.495 e. The van der Waals surface area contributed by atoms with Crippen molar-refractivity contribution >= 4 is 17.6 Å². The quantitative estimate of drug-likeness (QED) is 0.846. The summed E-state index contributed by atoms with van der Waals surface area (Å²) >= 11 is 1.86. The molecule has 1 fully saturated rings. The minimum atomic E-state index is 0.674. The predicted molar refractivity (Wildman–Crippen MR) is 79.6 cm³/mol. The van der Waals surface area contributed by atoms with Gasteiger partial charge in [-0.2, -0.15) is 0 Å². The van der Waals surface area contributed by atoms with Gasteiger partial charge in [0.05, 0.1) is 12.8 Å². The molecular formula is C14H22N2OS. The highest BCUT2D eigenvalue weighted by molar-refractivity contribution is 7.96. The highest BCUT2D eigenvalue weighted by Gasteiger charge is 2.20. The number of rotatable bonds is 4. The van der Waals surface area contributed by atoms with Crippen LogP contribution in [0.4, 0.5) is 5.69 Å². The van der Waals surface area contributed by atoms with Crippen molar-refractivity contribution in [2.45, 2.75) is 18.8 Å². The molecule has 1 saturated heterocycles. The van der Waals surface area contributed by atoms with Crippen molar-refractivity contribution in [3.63, 3.8) is 0 Å². The van der Waals surface area contributed by atoms with Crippen molar-refractivity contribution in [3.05, 3.63) is 23.8 Å². The number of piperidine rings is 1. The van der Waals surface area contributed by atoms with E-state index >= 15 is 0 Å². The third-order valence-electron chi connectivity index (χ3n) is 3.68. The van der Waals surface area contributed by atoms with Gasteiger partial charge in [0, 0.05) is 20.1 Å². The molecule has 2 rings (SSSR count). The van der Waals surface area contributed by atoms with Crippen molar-refractivity contribution in [1.82, 2.24) is 4.31 Å². The van der Waals surface area contributed by atoms with Gasteiger partial charge in [-0.1, -0.05) is 18.0 Å². The molecule has 1 heterocycles. The summed E-state index contributed by atoms with van der Waals surface area (Å²) in [5.74, 6) is 1.62. The average molecular weight is 266 g/mol. The number of methoxy groups -OCH3 is 1. The van der Waals surface area contributed by atoms with E-state index in [0.29, 0.717) is 5.92 Å². The SMILES string of the molecule is CNc1ccc(C2CCN(SC)CC2)cc1OC. The van der Waals surface area contributed by atoms with E-state index in [1.165, 1.54) is 31.5 Å². The van der Waals surface area contributed by atoms with Crippen LogP contribution in [0, 0.1) is 0 Å². The predicted octanol–water partition coefficient (Wildman–Crippen LogP) is 3.19. The minimum absolute atomic E-state index is 0.674. The normalized spacial score (nSPS) is 17.7. The van der Waals surface area contributed by atoms with Gasteiger partial charge in [0.2, 0.25) is 0 Å². The van der Waals surface area contributed by atoms with E-state index in [9.17, 15) is 0 Å². The zero-order valence-electron chi connectivity index (χ0n) is 11.4. The second kappa shape index (κ2) is 6.34. The van der Waals surface area contributed by atoms with Crippen LogP contribution in [0.15, 0.2) is 18.2 Å². The Bertz CT molecular complexity index is 389. The fourth-order valence-corrected chi connectivity index (χ4v) is 3.12. The monoisotopic (exact) mass is 266 g/mol. The van der Waals surface area contributed by atoms with Gasteiger partial charge < -0.3 is 10.1 Å². The van der Waals surface area contributed by atoms with Crippen LogP contribution in [0.25, 0.3) is 0 Å². The zero-order chi connectivity index (χ0) is 13.0. The molecule has 0 bridgehead atoms. The number of anilines is 1. The Kier molecular flexibility index (Phi) is 4.78. The number of hydrogen-bond acceptors (Lipinski definition) is 4. The van der Waals surface area contributed by atoms with Crippen LogP contribution in [0.1, 0.15) is 24.3 Å². The molecule has 1 N–H and O–H groups in total. The number of nitrogens with one attached hydrogen (secondary N) is 1. The summed E-state index contributed by atoms with van der Waals surface area (Å²) < 4.78 is 7.87. The maximum absolute atomic E-state index is 5.43. The van der Waals surface area contributed by atoms with E-state index in [1.807, 2.05) is 19.0 Å². The average Bonchev–Trinajstić information content (AvgIpc) is 2.46. The number of hydrogen-bond donors (Lipinski definition) is 1. The van der Waals surface area contributed by atoms with Crippen LogP contribution in [0.5, 0.6) is 5.75 Å². The van der Waals surface area contributed by atoms with Crippen LogP contribution < -0.4 is 10.1 Å². The van der Waals surface area contributed by atoms with Crippen LogP contribution in [0.3, 0.4) is 0 Å². The third kappa shape index (κ3) is 2.93. The van der Waals surface area contributed by atoms with Crippen molar-refractivity contribution in [2.75, 3.05) is 38.8 Å². The second-order valence-corrected chi connectivity index (χ2v) is 5.48. The molecule has 1 aromatic rings. The van der Waals surface area contributed by atoms with E-state index in [-0.39, 0.29) is 0 Å². The lowest BCUT2D eigenvalue weighted by atomic mass is 9.90. The lowest BCUT2D eigenvalue weighted by Crippen LogP contribution is -2.27. The summed E-state index contributed by atoms with van der Waals surface area (Å²) in [4.78, 5) is 0. The first-order valence-electron chi connectivity index (χ1n) is 6.43. The lowest BCUT2D eigenvalue weighted by molar-refractivity contribution is 0.346. The van der Waals surface area contributed by atoms with E-state index in [0.717, 1.165) is 11.4 Å². The molecule has 3 nitrogen and oxygen atoms in total. The molecular weight excluding hydrogens is 244 g/mol. The molecule has 1 aliphatic rings. The molecule has 0 aliphatic carbocycles. The van der Waals surface area contributed by atoms with Gasteiger partial charge in [0.15, 0.2) is 0 Å². The molecule has 0 aromatic heterocycles. The van der Waals surface area contributed by atoms with Crippen LogP contribution in [-0.4, -0.2) is 37.8 Å². The fourth-order valence-electron chi connectivity index (χ4n) is 2.54. The maximum Gasteiger partial charge on any atom is 0.142 e. The Balaban J connectivity index is 2.09. The number of benzene rings is 1. The lowest BCUT2D eigenvalue weighted by Gasteiger charge is -2.30. The van der Waals surface area contributed by atoms with Crippen molar-refractivity contribution in [2.24, 2.45) is 0 Å². The molecule has 0 spiro atoms. The topological polar surface area (TPSA) is 24.5 Å². The third-order valence-corrected chi connectivity index (χ3v) is 4.56. The molecule has 4 heteroatoms. The molecule has 0 saturated carbocycles. The molecule has 0 unspecified atom stereocenters. The summed E-state index contributed by atoms with van der Waals surface area (Å²) in [6.45, 7) is 2.36. The van der Waals surface area contributed by atoms with Gasteiger partial charge in [-0.05, 0) is 42.7 Å². The Morgan fingerprint density at radius 3 is 2.61 bits per heavy atom. The van der Waals surface area contributed by atoms with E-state index < -0.39 is 0 Å². The Morgan fingerprint density at radius 2 is 2.06 bits per heavy atom. The molecule has 18 heavy (non-hydrogen) atoms. The zero-order valence-corrected chi connectivity index (χ0v) is 12.2. The first-order chi connectivity index (χ1) is 8.78. The van der Waals surface area contributed by atoms with Gasteiger partial charge in [-0.15, -0.1) is 0 Å². The van der Waals surface area contributed by atoms with Gasteiger partial charge >= 0.3 is 0 Å². The first kappa shape index (κ1) is 13.6. The molecule has 0 atom stereocenters. The molecule has 100 valence electrons. The summed E-state index contributed by atoms with van der Waals surface area (Å²) in [5, 5.41) is 3.16. The maximum atomic E-state index is 5.43. The van der Waals surface area contributed by atoms with E-state index in [1.54, 1.807) is 7.11 Å². The Labute approximate surface area is 114 Å². The van der Waals surface area contributed by atoms with Crippen molar-refractivity contribution in [3.8, 4) is 5.75 Å². The molecule has 1 aliphatic heterocycles. The van der Waals surface area contributed by atoms with E-state index in [4.69, 9.17) is 4.74 Å². The molecule has 1 aromatic carbocycles. The van der Waals surface area contributed by atoms with E-state index in [2.05, 4.69) is 34.1 Å². The summed E-state index contributed by atoms with van der Waals surface area (Å²) in [5.41, 5.74) is 2.47. The molecule has 0 amide bonds. The highest BCUT2D eigenvalue weighted by Crippen LogP contribution is 2.34. The Morgan fingerprint density at radius 1 is 1.33 bits per heavy atom. The van der Waals surface area contributed by atoms with Gasteiger partial charge in [0.25, 0.3) is 0 Å². The second-order valence-electron chi connectivity index (χ2n) is 4.60. The van der Waals surface area contributed by atoms with Gasteiger partial charge in [-0.3, -0.25) is 4.31 Å². The van der Waals surface area contributed by atoms with Gasteiger partial charge in [-0.25, -0.2) is 0 Å². The highest BCUT2D eigenvalue weighted by atomic mass is 32.2. The molecule has 0 radical (unpaired) electrons. The Hall–Kier alpha value is -0.870. The summed E-state index contributed by atoms with van der Waals surface area (Å²) in [6, 6.07) is 6.54. The van der Waals surface area contributed by atoms with Gasteiger partial charge in [0.1, 0.15) is 5.75 Å². The van der Waals surface area contributed by atoms with Crippen LogP contribution in [-0.2, 0) is 0 Å². The number of nitrogens with zero attached hydrogens (tertiary/aromatic N) is 1. The summed E-state index contributed by atoms with van der Waals surface area (Å²) in [6.07, 6.45) is 4.64. The van der Waals surface area contributed by atoms with Crippen molar-refractivity contribution < 1.29 is 4.74 Å². The van der Waals surface area contributed by atoms with Crippen LogP contribution in [0.2, 0.25) is 0 Å². The smallest absolute Gasteiger partial charge is 0.142 e. The van der Waals surface area contributed by atoms with Crippen molar-refractivity contribution in [1.29, 1.82) is 0 Å². The summed E-state index contributed by atoms with van der Waals surface area (Å²) in [7, 11) is 3.66. The fraction of sp³-hybridized carbons (Fsp3) is 0.571. The first-order valence-corrected chi connectivity index (χ1v) is 7.61. The number of ether oxygens (including phenoxy) is 1.